The molecule has 1 fully saturated rings. The van der Waals surface area contributed by atoms with Crippen molar-refractivity contribution in [2.75, 3.05) is 38.0 Å². The molecule has 0 unspecified atom stereocenters. The van der Waals surface area contributed by atoms with Gasteiger partial charge >= 0.3 is 0 Å². The minimum absolute atomic E-state index is 0.0152. The first-order chi connectivity index (χ1) is 11.7. The van der Waals surface area contributed by atoms with E-state index in [9.17, 15) is 9.90 Å². The Morgan fingerprint density at radius 3 is 2.46 bits per heavy atom. The van der Waals surface area contributed by atoms with Crippen LogP contribution in [0, 0.1) is 0 Å². The number of hydrogen-bond acceptors (Lipinski definition) is 5. The first kappa shape index (κ1) is 16.4. The third-order valence-corrected chi connectivity index (χ3v) is 4.13. The van der Waals surface area contributed by atoms with Crippen molar-refractivity contribution in [3.8, 4) is 5.75 Å². The highest BCUT2D eigenvalue weighted by molar-refractivity contribution is 5.92. The van der Waals surface area contributed by atoms with Gasteiger partial charge in [0.2, 0.25) is 5.91 Å². The number of hydrogen-bond donors (Lipinski definition) is 2. The summed E-state index contributed by atoms with van der Waals surface area (Å²) in [5.74, 6) is 0.0456. The van der Waals surface area contributed by atoms with E-state index < -0.39 is 0 Å². The molecule has 0 aliphatic carbocycles. The summed E-state index contributed by atoms with van der Waals surface area (Å²) in [6, 6.07) is 13.5. The molecule has 2 N–H and O–H groups in total. The predicted octanol–water partition coefficient (Wildman–Crippen LogP) is 1.54. The van der Waals surface area contributed by atoms with Crippen LogP contribution in [0.4, 0.5) is 5.82 Å². The summed E-state index contributed by atoms with van der Waals surface area (Å²) in [6.45, 7) is 4.86. The molecular formula is C18H22N4O2. The zero-order valence-electron chi connectivity index (χ0n) is 13.6. The number of carbonyl (C=O) groups excluding carboxylic acids is 1. The van der Waals surface area contributed by atoms with Gasteiger partial charge in [-0.05, 0) is 17.7 Å². The monoisotopic (exact) mass is 326 g/mol. The van der Waals surface area contributed by atoms with Crippen molar-refractivity contribution in [3.63, 3.8) is 0 Å². The molecule has 3 rings (SSSR count). The molecule has 1 aliphatic heterocycles. The van der Waals surface area contributed by atoms with Gasteiger partial charge in [0.05, 0.1) is 6.54 Å². The Morgan fingerprint density at radius 2 is 1.75 bits per heavy atom. The first-order valence-electron chi connectivity index (χ1n) is 8.13. The number of benzene rings is 1. The second kappa shape index (κ2) is 7.90. The number of nitrogens with one attached hydrogen (secondary N) is 1. The maximum atomic E-state index is 12.1. The van der Waals surface area contributed by atoms with Crippen molar-refractivity contribution >= 4 is 11.7 Å². The summed E-state index contributed by atoms with van der Waals surface area (Å²) in [7, 11) is 0. The fraction of sp³-hybridized carbons (Fsp3) is 0.333. The van der Waals surface area contributed by atoms with Gasteiger partial charge in [-0.25, -0.2) is 4.98 Å². The first-order valence-corrected chi connectivity index (χ1v) is 8.13. The van der Waals surface area contributed by atoms with E-state index in [1.807, 2.05) is 6.07 Å². The quantitative estimate of drug-likeness (QED) is 0.872. The fourth-order valence-electron chi connectivity index (χ4n) is 2.81. The van der Waals surface area contributed by atoms with E-state index in [0.717, 1.165) is 32.7 Å². The second-order valence-electron chi connectivity index (χ2n) is 5.96. The molecule has 2 aromatic rings. The Hall–Kier alpha value is -2.44. The number of amides is 1. The fourth-order valence-corrected chi connectivity index (χ4v) is 2.81. The number of pyridine rings is 1. The molecule has 1 saturated heterocycles. The molecular weight excluding hydrogens is 304 g/mol. The standard InChI is InChI=1S/C18H22N4O2/c23-16-7-4-8-19-18(16)20-17(24)14-22-11-9-21(10-12-22)13-15-5-2-1-3-6-15/h1-8,23H,9-14H2,(H,19,20,24). The number of anilines is 1. The molecule has 0 saturated carbocycles. The maximum Gasteiger partial charge on any atom is 0.239 e. The van der Waals surface area contributed by atoms with Crippen LogP contribution >= 0.6 is 0 Å². The number of rotatable bonds is 5. The highest BCUT2D eigenvalue weighted by Crippen LogP contribution is 2.18. The SMILES string of the molecule is O=C(CN1CCN(Cc2ccccc2)CC1)Nc1ncccc1O. The minimum atomic E-state index is -0.152. The maximum absolute atomic E-state index is 12.1. The minimum Gasteiger partial charge on any atom is -0.504 e. The molecule has 1 aliphatic rings. The van der Waals surface area contributed by atoms with Gasteiger partial charge in [-0.1, -0.05) is 30.3 Å². The molecule has 126 valence electrons. The van der Waals surface area contributed by atoms with Gasteiger partial charge in [0.15, 0.2) is 11.6 Å². The molecule has 24 heavy (non-hydrogen) atoms. The van der Waals surface area contributed by atoms with Crippen LogP contribution in [0.2, 0.25) is 0 Å². The van der Waals surface area contributed by atoms with E-state index >= 15 is 0 Å². The Labute approximate surface area is 141 Å². The second-order valence-corrected chi connectivity index (χ2v) is 5.96. The topological polar surface area (TPSA) is 68.7 Å². The number of carbonyl (C=O) groups is 1. The van der Waals surface area contributed by atoms with Crippen molar-refractivity contribution in [2.45, 2.75) is 6.54 Å². The largest absolute Gasteiger partial charge is 0.504 e. The smallest absolute Gasteiger partial charge is 0.239 e. The molecule has 0 radical (unpaired) electrons. The van der Waals surface area contributed by atoms with E-state index in [4.69, 9.17) is 0 Å². The summed E-state index contributed by atoms with van der Waals surface area (Å²) in [4.78, 5) is 20.6. The summed E-state index contributed by atoms with van der Waals surface area (Å²) in [6.07, 6.45) is 1.54. The molecule has 1 amide bonds. The van der Waals surface area contributed by atoms with Crippen LogP contribution in [0.3, 0.4) is 0 Å². The zero-order valence-corrected chi connectivity index (χ0v) is 13.6. The van der Waals surface area contributed by atoms with Gasteiger partial charge in [-0.15, -0.1) is 0 Å². The van der Waals surface area contributed by atoms with E-state index in [1.165, 1.54) is 17.8 Å². The van der Waals surface area contributed by atoms with Crippen LogP contribution in [0.25, 0.3) is 0 Å². The van der Waals surface area contributed by atoms with E-state index in [-0.39, 0.29) is 17.5 Å². The third kappa shape index (κ3) is 4.53. The molecule has 6 heteroatoms. The molecule has 1 aromatic heterocycles. The zero-order chi connectivity index (χ0) is 16.8. The van der Waals surface area contributed by atoms with Crippen molar-refractivity contribution in [2.24, 2.45) is 0 Å². The van der Waals surface area contributed by atoms with E-state index in [1.54, 1.807) is 6.07 Å². The Morgan fingerprint density at radius 1 is 1.04 bits per heavy atom. The molecule has 0 atom stereocenters. The van der Waals surface area contributed by atoms with Gasteiger partial charge in [0, 0.05) is 38.9 Å². The molecule has 6 nitrogen and oxygen atoms in total. The van der Waals surface area contributed by atoms with Crippen molar-refractivity contribution < 1.29 is 9.90 Å². The number of aromatic hydroxyl groups is 1. The van der Waals surface area contributed by atoms with Crippen LogP contribution in [-0.2, 0) is 11.3 Å². The van der Waals surface area contributed by atoms with Gasteiger partial charge in [0.25, 0.3) is 0 Å². The van der Waals surface area contributed by atoms with E-state index in [2.05, 4.69) is 44.4 Å². The van der Waals surface area contributed by atoms with Crippen LogP contribution in [-0.4, -0.2) is 58.5 Å². The summed E-state index contributed by atoms with van der Waals surface area (Å²) >= 11 is 0. The number of nitrogens with zero attached hydrogens (tertiary/aromatic N) is 3. The average Bonchev–Trinajstić information content (AvgIpc) is 2.60. The normalized spacial score (nSPS) is 16.0. The molecule has 2 heterocycles. The number of piperazine rings is 1. The van der Waals surface area contributed by atoms with Gasteiger partial charge in [0.1, 0.15) is 0 Å². The lowest BCUT2D eigenvalue weighted by molar-refractivity contribution is -0.117. The van der Waals surface area contributed by atoms with Gasteiger partial charge < -0.3 is 10.4 Å². The van der Waals surface area contributed by atoms with Gasteiger partial charge in [-0.3, -0.25) is 14.6 Å². The molecule has 1 aromatic carbocycles. The van der Waals surface area contributed by atoms with Crippen molar-refractivity contribution in [3.05, 3.63) is 54.2 Å². The van der Waals surface area contributed by atoms with Crippen molar-refractivity contribution in [1.82, 2.24) is 14.8 Å². The highest BCUT2D eigenvalue weighted by atomic mass is 16.3. The van der Waals surface area contributed by atoms with Crippen LogP contribution in [0.1, 0.15) is 5.56 Å². The lowest BCUT2D eigenvalue weighted by Gasteiger charge is -2.34. The van der Waals surface area contributed by atoms with Crippen LogP contribution in [0.15, 0.2) is 48.7 Å². The summed E-state index contributed by atoms with van der Waals surface area (Å²) < 4.78 is 0. The molecule has 0 bridgehead atoms. The third-order valence-electron chi connectivity index (χ3n) is 4.13. The summed E-state index contributed by atoms with van der Waals surface area (Å²) in [5.41, 5.74) is 1.31. The average molecular weight is 326 g/mol. The lowest BCUT2D eigenvalue weighted by atomic mass is 10.2. The Balaban J connectivity index is 1.43. The Kier molecular flexibility index (Phi) is 5.40. The Bertz CT molecular complexity index is 670. The highest BCUT2D eigenvalue weighted by Gasteiger charge is 2.19. The molecule has 0 spiro atoms. The van der Waals surface area contributed by atoms with Gasteiger partial charge in [-0.2, -0.15) is 0 Å². The van der Waals surface area contributed by atoms with Crippen molar-refractivity contribution in [1.29, 1.82) is 0 Å². The van der Waals surface area contributed by atoms with Crippen LogP contribution in [0.5, 0.6) is 5.75 Å². The lowest BCUT2D eigenvalue weighted by Crippen LogP contribution is -2.48. The van der Waals surface area contributed by atoms with E-state index in [0.29, 0.717) is 6.54 Å². The summed E-state index contributed by atoms with van der Waals surface area (Å²) in [5, 5.41) is 12.3. The van der Waals surface area contributed by atoms with Crippen LogP contribution < -0.4 is 5.32 Å². The predicted molar refractivity (Wildman–Crippen MR) is 92.7 cm³/mol. The number of aromatic nitrogens is 1.